The van der Waals surface area contributed by atoms with Gasteiger partial charge in [0.15, 0.2) is 0 Å². The third-order valence-corrected chi connectivity index (χ3v) is 2.69. The Hall–Kier alpha value is -0.240. The van der Waals surface area contributed by atoms with E-state index >= 15 is 0 Å². The van der Waals surface area contributed by atoms with Crippen molar-refractivity contribution in [3.05, 3.63) is 0 Å². The molecule has 0 spiro atoms. The van der Waals surface area contributed by atoms with Crippen molar-refractivity contribution in [2.24, 2.45) is 0 Å². The molecule has 6 nitrogen and oxygen atoms in total. The van der Waals surface area contributed by atoms with Crippen LogP contribution in [0.3, 0.4) is 0 Å². The van der Waals surface area contributed by atoms with Gasteiger partial charge in [-0.05, 0) is 19.3 Å². The van der Waals surface area contributed by atoms with Crippen molar-refractivity contribution in [1.82, 2.24) is 0 Å². The quantitative estimate of drug-likeness (QED) is 0.372. The Morgan fingerprint density at radius 2 is 0.955 bits per heavy atom. The average Bonchev–Trinajstić information content (AvgIpc) is 2.54. The Morgan fingerprint density at radius 1 is 0.500 bits per heavy atom. The fourth-order valence-electron chi connectivity index (χ4n) is 1.43. The maximum absolute atomic E-state index is 8.40. The molecule has 6 heteroatoms. The maximum atomic E-state index is 8.40. The van der Waals surface area contributed by atoms with E-state index < -0.39 is 0 Å². The van der Waals surface area contributed by atoms with Crippen LogP contribution >= 0.6 is 0 Å². The lowest BCUT2D eigenvalue weighted by atomic mass is 10.2. The van der Waals surface area contributed by atoms with Gasteiger partial charge in [0, 0.05) is 19.8 Å². The number of aliphatic hydroxyl groups excluding tert-OH is 3. The van der Waals surface area contributed by atoms with Crippen LogP contribution in [0, 0.1) is 0 Å². The molecule has 136 valence electrons. The first-order valence-corrected chi connectivity index (χ1v) is 8.39. The summed E-state index contributed by atoms with van der Waals surface area (Å²) in [5, 5.41) is 25.0. The molecule has 0 bridgehead atoms. The Morgan fingerprint density at radius 3 is 1.36 bits per heavy atom. The van der Waals surface area contributed by atoms with Crippen LogP contribution in [0.4, 0.5) is 0 Å². The lowest BCUT2D eigenvalue weighted by Crippen LogP contribution is -2.11. The molecular formula is C16H36O6. The lowest BCUT2D eigenvalue weighted by molar-refractivity contribution is 0.00735. The van der Waals surface area contributed by atoms with Gasteiger partial charge < -0.3 is 29.5 Å². The Bertz CT molecular complexity index is 151. The van der Waals surface area contributed by atoms with Crippen molar-refractivity contribution in [3.63, 3.8) is 0 Å². The van der Waals surface area contributed by atoms with Crippen LogP contribution in [0.25, 0.3) is 0 Å². The SMILES string of the molecule is CCCCOCCOCCOCCO.OCCCCCCO. The fourth-order valence-corrected chi connectivity index (χ4v) is 1.43. The number of rotatable bonds is 16. The summed E-state index contributed by atoms with van der Waals surface area (Å²) in [6, 6.07) is 0. The summed E-state index contributed by atoms with van der Waals surface area (Å²) in [5.41, 5.74) is 0. The van der Waals surface area contributed by atoms with Crippen LogP contribution < -0.4 is 0 Å². The molecule has 0 saturated carbocycles. The molecule has 0 fully saturated rings. The topological polar surface area (TPSA) is 88.4 Å². The third kappa shape index (κ3) is 28.0. The van der Waals surface area contributed by atoms with Gasteiger partial charge in [-0.2, -0.15) is 0 Å². The Kier molecular flexibility index (Phi) is 28.1. The molecule has 3 N–H and O–H groups in total. The molecule has 0 aliphatic heterocycles. The summed E-state index contributed by atoms with van der Waals surface area (Å²) in [4.78, 5) is 0. The molecule has 0 aliphatic rings. The van der Waals surface area contributed by atoms with Gasteiger partial charge in [0.25, 0.3) is 0 Å². The first kappa shape index (κ1) is 24.0. The normalized spacial score (nSPS) is 10.4. The van der Waals surface area contributed by atoms with Crippen LogP contribution in [-0.4, -0.2) is 74.8 Å². The summed E-state index contributed by atoms with van der Waals surface area (Å²) in [6.45, 7) is 6.35. The van der Waals surface area contributed by atoms with E-state index in [2.05, 4.69) is 6.92 Å². The van der Waals surface area contributed by atoms with E-state index in [1.807, 2.05) is 0 Å². The average molecular weight is 324 g/mol. The van der Waals surface area contributed by atoms with Crippen LogP contribution in [0.5, 0.6) is 0 Å². The second-order valence-corrected chi connectivity index (χ2v) is 4.78. The molecule has 0 atom stereocenters. The molecule has 0 amide bonds. The van der Waals surface area contributed by atoms with Crippen molar-refractivity contribution in [2.45, 2.75) is 45.4 Å². The molecular weight excluding hydrogens is 288 g/mol. The zero-order valence-electron chi connectivity index (χ0n) is 14.2. The summed E-state index contributed by atoms with van der Waals surface area (Å²) >= 11 is 0. The summed E-state index contributed by atoms with van der Waals surface area (Å²) < 4.78 is 15.5. The second-order valence-electron chi connectivity index (χ2n) is 4.78. The van der Waals surface area contributed by atoms with E-state index in [1.54, 1.807) is 0 Å². The zero-order valence-corrected chi connectivity index (χ0v) is 14.2. The minimum Gasteiger partial charge on any atom is -0.396 e. The van der Waals surface area contributed by atoms with Gasteiger partial charge in [-0.1, -0.05) is 26.2 Å². The van der Waals surface area contributed by atoms with Crippen molar-refractivity contribution < 1.29 is 29.5 Å². The van der Waals surface area contributed by atoms with E-state index in [1.165, 1.54) is 0 Å². The van der Waals surface area contributed by atoms with Crippen LogP contribution in [0.2, 0.25) is 0 Å². The van der Waals surface area contributed by atoms with Gasteiger partial charge in [-0.15, -0.1) is 0 Å². The highest BCUT2D eigenvalue weighted by Gasteiger charge is 1.90. The summed E-state index contributed by atoms with van der Waals surface area (Å²) in [7, 11) is 0. The fraction of sp³-hybridized carbons (Fsp3) is 1.00. The monoisotopic (exact) mass is 324 g/mol. The van der Waals surface area contributed by atoms with Gasteiger partial charge in [0.2, 0.25) is 0 Å². The highest BCUT2D eigenvalue weighted by Crippen LogP contribution is 1.96. The minimum absolute atomic E-state index is 0.0696. The second kappa shape index (κ2) is 25.7. The highest BCUT2D eigenvalue weighted by molar-refractivity contribution is 4.39. The minimum atomic E-state index is 0.0696. The Balaban J connectivity index is 0. The predicted octanol–water partition coefficient (Wildman–Crippen LogP) is 1.36. The van der Waals surface area contributed by atoms with Gasteiger partial charge in [-0.25, -0.2) is 0 Å². The largest absolute Gasteiger partial charge is 0.396 e. The molecule has 22 heavy (non-hydrogen) atoms. The van der Waals surface area contributed by atoms with Gasteiger partial charge >= 0.3 is 0 Å². The molecule has 0 heterocycles. The number of hydrogen-bond acceptors (Lipinski definition) is 6. The van der Waals surface area contributed by atoms with E-state index in [-0.39, 0.29) is 19.8 Å². The first-order valence-electron chi connectivity index (χ1n) is 8.39. The van der Waals surface area contributed by atoms with Crippen molar-refractivity contribution in [3.8, 4) is 0 Å². The zero-order chi connectivity index (χ0) is 16.7. The standard InChI is InChI=1S/C10H22O4.C6H14O2/c1-2-3-5-12-7-9-14-10-8-13-6-4-11;7-5-3-1-2-4-6-8/h11H,2-10H2,1H3;7-8H,1-6H2. The number of ether oxygens (including phenoxy) is 3. The number of aliphatic hydroxyl groups is 3. The molecule has 0 unspecified atom stereocenters. The lowest BCUT2D eigenvalue weighted by Gasteiger charge is -2.05. The van der Waals surface area contributed by atoms with Crippen molar-refractivity contribution >= 4 is 0 Å². The molecule has 0 radical (unpaired) electrons. The Labute approximate surface area is 135 Å². The number of unbranched alkanes of at least 4 members (excludes halogenated alkanes) is 4. The van der Waals surface area contributed by atoms with Gasteiger partial charge in [0.05, 0.1) is 39.6 Å². The molecule has 0 rings (SSSR count). The van der Waals surface area contributed by atoms with Gasteiger partial charge in [0.1, 0.15) is 0 Å². The summed E-state index contributed by atoms with van der Waals surface area (Å²) in [6.07, 6.45) is 6.10. The third-order valence-electron chi connectivity index (χ3n) is 2.69. The maximum Gasteiger partial charge on any atom is 0.0701 e. The van der Waals surface area contributed by atoms with Crippen LogP contribution in [0.15, 0.2) is 0 Å². The van der Waals surface area contributed by atoms with Crippen LogP contribution in [-0.2, 0) is 14.2 Å². The van der Waals surface area contributed by atoms with Gasteiger partial charge in [-0.3, -0.25) is 0 Å². The summed E-state index contributed by atoms with van der Waals surface area (Å²) in [5.74, 6) is 0. The highest BCUT2D eigenvalue weighted by atomic mass is 16.5. The smallest absolute Gasteiger partial charge is 0.0701 e. The van der Waals surface area contributed by atoms with Crippen molar-refractivity contribution in [1.29, 1.82) is 0 Å². The van der Waals surface area contributed by atoms with E-state index in [9.17, 15) is 0 Å². The van der Waals surface area contributed by atoms with E-state index in [0.717, 1.165) is 45.1 Å². The van der Waals surface area contributed by atoms with Crippen LogP contribution in [0.1, 0.15) is 45.4 Å². The predicted molar refractivity (Wildman–Crippen MR) is 87.1 cm³/mol. The molecule has 0 aromatic rings. The molecule has 0 saturated heterocycles. The van der Waals surface area contributed by atoms with E-state index in [4.69, 9.17) is 29.5 Å². The van der Waals surface area contributed by atoms with E-state index in [0.29, 0.717) is 33.0 Å². The van der Waals surface area contributed by atoms with Crippen molar-refractivity contribution in [2.75, 3.05) is 59.5 Å². The first-order chi connectivity index (χ1) is 10.8. The number of hydrogen-bond donors (Lipinski definition) is 3. The molecule has 0 aromatic heterocycles. The molecule has 0 aromatic carbocycles. The molecule has 0 aliphatic carbocycles.